The van der Waals surface area contributed by atoms with Crippen molar-refractivity contribution in [2.45, 2.75) is 56.8 Å². The topological polar surface area (TPSA) is 147 Å². The van der Waals surface area contributed by atoms with Crippen molar-refractivity contribution in [3.05, 3.63) is 83.4 Å². The molecule has 5 N–H and O–H groups in total. The first-order chi connectivity index (χ1) is 16.9. The fourth-order valence-corrected chi connectivity index (χ4v) is 4.14. The van der Waals surface area contributed by atoms with E-state index in [1.807, 2.05) is 62.4 Å². The second-order valence-electron chi connectivity index (χ2n) is 9.36. The highest BCUT2D eigenvalue weighted by Crippen LogP contribution is 2.33. The van der Waals surface area contributed by atoms with E-state index in [2.05, 4.69) is 6.07 Å². The van der Waals surface area contributed by atoms with Gasteiger partial charge < -0.3 is 20.1 Å². The van der Waals surface area contributed by atoms with Gasteiger partial charge in [-0.15, -0.1) is 0 Å². The van der Waals surface area contributed by atoms with Crippen LogP contribution in [0.1, 0.15) is 55.2 Å². The quantitative estimate of drug-likeness (QED) is 0.231. The minimum Gasteiger partial charge on any atom is -0.481 e. The lowest BCUT2D eigenvalue weighted by molar-refractivity contribution is -0.179. The molecule has 8 nitrogen and oxygen atoms in total. The second-order valence-corrected chi connectivity index (χ2v) is 9.36. The van der Waals surface area contributed by atoms with E-state index in [9.17, 15) is 24.6 Å². The van der Waals surface area contributed by atoms with Gasteiger partial charge >= 0.3 is 17.9 Å². The first kappa shape index (κ1) is 26.8. The first-order valence-corrected chi connectivity index (χ1v) is 11.7. The summed E-state index contributed by atoms with van der Waals surface area (Å²) in [7, 11) is 0. The zero-order chi connectivity index (χ0) is 26.5. The number of aryl methyl sites for hydroxylation is 1. The zero-order valence-corrected chi connectivity index (χ0v) is 20.3. The third-order valence-corrected chi connectivity index (χ3v) is 6.41. The summed E-state index contributed by atoms with van der Waals surface area (Å²) in [5, 5.41) is 30.8. The van der Waals surface area contributed by atoms with Crippen LogP contribution in [0.3, 0.4) is 0 Å². The SMILES string of the molecule is Cc1ccc(C(N)(CCC(C)c2ccc3ccccc3c2)OC(=O)CC(O)(CC(=O)O)C(=O)O)cc1. The Hall–Kier alpha value is -3.75. The van der Waals surface area contributed by atoms with Crippen LogP contribution in [0.4, 0.5) is 0 Å². The number of fused-ring (bicyclic) bond motifs is 1. The second kappa shape index (κ2) is 10.9. The van der Waals surface area contributed by atoms with Crippen LogP contribution < -0.4 is 5.73 Å². The zero-order valence-electron chi connectivity index (χ0n) is 20.3. The molecule has 8 heteroatoms. The Morgan fingerprint density at radius 1 is 0.944 bits per heavy atom. The van der Waals surface area contributed by atoms with E-state index in [-0.39, 0.29) is 12.3 Å². The van der Waals surface area contributed by atoms with Crippen LogP contribution >= 0.6 is 0 Å². The van der Waals surface area contributed by atoms with Gasteiger partial charge in [-0.25, -0.2) is 4.79 Å². The third kappa shape index (κ3) is 6.47. The predicted molar refractivity (Wildman–Crippen MR) is 134 cm³/mol. The van der Waals surface area contributed by atoms with Crippen molar-refractivity contribution in [3.8, 4) is 0 Å². The fraction of sp³-hybridized carbons (Fsp3) is 0.321. The van der Waals surface area contributed by atoms with Gasteiger partial charge in [-0.1, -0.05) is 79.2 Å². The van der Waals surface area contributed by atoms with Crippen molar-refractivity contribution in [1.82, 2.24) is 0 Å². The lowest BCUT2D eigenvalue weighted by atomic mass is 9.89. The number of carbonyl (C=O) groups excluding carboxylic acids is 1. The maximum atomic E-state index is 12.7. The molecule has 3 unspecified atom stereocenters. The molecular weight excluding hydrogens is 462 g/mol. The number of hydrogen-bond donors (Lipinski definition) is 4. The first-order valence-electron chi connectivity index (χ1n) is 11.7. The highest BCUT2D eigenvalue weighted by molar-refractivity contribution is 5.88. The molecule has 0 amide bonds. The lowest BCUT2D eigenvalue weighted by Crippen LogP contribution is -2.47. The van der Waals surface area contributed by atoms with Crippen molar-refractivity contribution < 1.29 is 34.4 Å². The maximum Gasteiger partial charge on any atom is 0.336 e. The molecule has 0 radical (unpaired) electrons. The van der Waals surface area contributed by atoms with Gasteiger partial charge in [-0.05, 0) is 35.6 Å². The largest absolute Gasteiger partial charge is 0.481 e. The number of benzene rings is 3. The smallest absolute Gasteiger partial charge is 0.336 e. The molecule has 0 saturated heterocycles. The number of carboxylic acid groups (broad SMARTS) is 2. The summed E-state index contributed by atoms with van der Waals surface area (Å²) in [5.74, 6) is -4.44. The molecule has 3 aromatic rings. The molecule has 0 spiro atoms. The molecular formula is C28H31NO7. The van der Waals surface area contributed by atoms with Crippen LogP contribution in [0.5, 0.6) is 0 Å². The Morgan fingerprint density at radius 2 is 1.58 bits per heavy atom. The number of aliphatic hydroxyl groups is 1. The lowest BCUT2D eigenvalue weighted by Gasteiger charge is -2.32. The van der Waals surface area contributed by atoms with Crippen molar-refractivity contribution >= 4 is 28.7 Å². The Bertz CT molecular complexity index is 1260. The molecule has 0 aliphatic carbocycles. The van der Waals surface area contributed by atoms with E-state index in [1.54, 1.807) is 12.1 Å². The number of carbonyl (C=O) groups is 3. The summed E-state index contributed by atoms with van der Waals surface area (Å²) in [5.41, 5.74) is 4.74. The molecule has 3 aromatic carbocycles. The molecule has 0 bridgehead atoms. The predicted octanol–water partition coefficient (Wildman–Crippen LogP) is 4.07. The fourth-order valence-electron chi connectivity index (χ4n) is 4.14. The average Bonchev–Trinajstić information content (AvgIpc) is 2.81. The van der Waals surface area contributed by atoms with Gasteiger partial charge in [0.1, 0.15) is 0 Å². The van der Waals surface area contributed by atoms with E-state index in [0.29, 0.717) is 12.0 Å². The van der Waals surface area contributed by atoms with Crippen molar-refractivity contribution in [1.29, 1.82) is 0 Å². The molecule has 0 aromatic heterocycles. The Balaban J connectivity index is 1.82. The van der Waals surface area contributed by atoms with Crippen LogP contribution in [0.15, 0.2) is 66.7 Å². The standard InChI is InChI=1S/C28H31NO7/c1-18-7-11-23(12-8-18)28(29,36-25(32)17-27(35,26(33)34)16-24(30)31)14-13-19(2)21-10-9-20-5-3-4-6-22(20)15-21/h3-12,15,19,35H,13-14,16-17,29H2,1-2H3,(H,30,31)(H,33,34). The third-order valence-electron chi connectivity index (χ3n) is 6.41. The highest BCUT2D eigenvalue weighted by atomic mass is 16.6. The highest BCUT2D eigenvalue weighted by Gasteiger charge is 2.43. The number of nitrogens with two attached hydrogens (primary N) is 1. The van der Waals surface area contributed by atoms with Gasteiger partial charge in [-0.3, -0.25) is 15.3 Å². The maximum absolute atomic E-state index is 12.7. The van der Waals surface area contributed by atoms with Crippen LogP contribution in [0.2, 0.25) is 0 Å². The van der Waals surface area contributed by atoms with Crippen LogP contribution in [0.25, 0.3) is 10.8 Å². The number of esters is 1. The summed E-state index contributed by atoms with van der Waals surface area (Å²) in [6.07, 6.45) is -1.47. The monoisotopic (exact) mass is 493 g/mol. The molecule has 0 aliphatic rings. The molecule has 0 saturated carbocycles. The van der Waals surface area contributed by atoms with Gasteiger partial charge in [0.2, 0.25) is 0 Å². The van der Waals surface area contributed by atoms with Crippen molar-refractivity contribution in [3.63, 3.8) is 0 Å². The number of aliphatic carboxylic acids is 2. The minimum atomic E-state index is -2.81. The summed E-state index contributed by atoms with van der Waals surface area (Å²) < 4.78 is 5.57. The summed E-state index contributed by atoms with van der Waals surface area (Å²) in [4.78, 5) is 35.3. The van der Waals surface area contributed by atoms with Crippen molar-refractivity contribution in [2.24, 2.45) is 5.73 Å². The molecule has 0 fully saturated rings. The van der Waals surface area contributed by atoms with E-state index in [0.717, 1.165) is 21.9 Å². The molecule has 3 atom stereocenters. The number of hydrogen-bond acceptors (Lipinski definition) is 6. The normalized spacial score (nSPS) is 15.4. The average molecular weight is 494 g/mol. The molecule has 0 heterocycles. The van der Waals surface area contributed by atoms with Crippen LogP contribution in [-0.2, 0) is 24.8 Å². The van der Waals surface area contributed by atoms with E-state index >= 15 is 0 Å². The molecule has 3 rings (SSSR count). The number of rotatable bonds is 11. The van der Waals surface area contributed by atoms with Gasteiger partial charge in [0.15, 0.2) is 11.3 Å². The Kier molecular flexibility index (Phi) is 8.12. The molecule has 36 heavy (non-hydrogen) atoms. The summed E-state index contributed by atoms with van der Waals surface area (Å²) in [6.45, 7) is 3.94. The van der Waals surface area contributed by atoms with Gasteiger partial charge in [0.05, 0.1) is 12.8 Å². The van der Waals surface area contributed by atoms with Crippen LogP contribution in [0, 0.1) is 6.92 Å². The van der Waals surface area contributed by atoms with Gasteiger partial charge in [0.25, 0.3) is 0 Å². The summed E-state index contributed by atoms with van der Waals surface area (Å²) >= 11 is 0. The van der Waals surface area contributed by atoms with Crippen LogP contribution in [-0.4, -0.2) is 38.8 Å². The van der Waals surface area contributed by atoms with E-state index in [4.69, 9.17) is 15.6 Å². The van der Waals surface area contributed by atoms with Gasteiger partial charge in [-0.2, -0.15) is 0 Å². The van der Waals surface area contributed by atoms with Gasteiger partial charge in [0, 0.05) is 12.0 Å². The van der Waals surface area contributed by atoms with E-state index in [1.165, 1.54) is 0 Å². The minimum absolute atomic E-state index is 0.0599. The molecule has 190 valence electrons. The van der Waals surface area contributed by atoms with Crippen molar-refractivity contribution in [2.75, 3.05) is 0 Å². The molecule has 0 aliphatic heterocycles. The number of ether oxygens (including phenoxy) is 1. The number of carboxylic acids is 2. The Morgan fingerprint density at radius 3 is 2.19 bits per heavy atom. The Labute approximate surface area is 209 Å². The van der Waals surface area contributed by atoms with E-state index < -0.39 is 42.1 Å². The summed E-state index contributed by atoms with van der Waals surface area (Å²) in [6, 6.07) is 21.3.